The molecule has 21 heavy (non-hydrogen) atoms. The second-order valence-corrected chi connectivity index (χ2v) is 5.06. The number of pyridine rings is 1. The summed E-state index contributed by atoms with van der Waals surface area (Å²) in [6, 6.07) is 2.98. The van der Waals surface area contributed by atoms with E-state index in [0.29, 0.717) is 11.5 Å². The standard InChI is InChI=1S/C13H19F3N4O/c1-8(2)10-6-9(7-11(18-10)19-17)12(21)20(3)5-4-13(14,15)16/h6-8H,4-5,17H2,1-3H3,(H,18,19). The van der Waals surface area contributed by atoms with Crippen LogP contribution in [0.2, 0.25) is 0 Å². The maximum absolute atomic E-state index is 12.2. The van der Waals surface area contributed by atoms with Crippen molar-refractivity contribution in [1.82, 2.24) is 9.88 Å². The molecule has 8 heteroatoms. The van der Waals surface area contributed by atoms with Gasteiger partial charge in [-0.25, -0.2) is 10.8 Å². The third-order valence-corrected chi connectivity index (χ3v) is 2.91. The fourth-order valence-corrected chi connectivity index (χ4v) is 1.66. The summed E-state index contributed by atoms with van der Waals surface area (Å²) in [5.74, 6) is 5.15. The molecule has 0 aliphatic carbocycles. The lowest BCUT2D eigenvalue weighted by Gasteiger charge is -2.19. The highest BCUT2D eigenvalue weighted by atomic mass is 19.4. The molecular weight excluding hydrogens is 285 g/mol. The molecule has 1 amide bonds. The van der Waals surface area contributed by atoms with Crippen molar-refractivity contribution in [3.05, 3.63) is 23.4 Å². The van der Waals surface area contributed by atoms with Crippen LogP contribution in [0, 0.1) is 0 Å². The van der Waals surface area contributed by atoms with Gasteiger partial charge in [0.2, 0.25) is 0 Å². The summed E-state index contributed by atoms with van der Waals surface area (Å²) in [5.41, 5.74) is 3.24. The van der Waals surface area contributed by atoms with E-state index in [1.54, 1.807) is 6.07 Å². The number of hydrazine groups is 1. The van der Waals surface area contributed by atoms with Crippen LogP contribution in [0.15, 0.2) is 12.1 Å². The zero-order valence-corrected chi connectivity index (χ0v) is 12.2. The van der Waals surface area contributed by atoms with Gasteiger partial charge in [-0.3, -0.25) is 4.79 Å². The molecule has 3 N–H and O–H groups in total. The molecule has 0 unspecified atom stereocenters. The first-order valence-corrected chi connectivity index (χ1v) is 6.45. The molecule has 0 atom stereocenters. The van der Waals surface area contributed by atoms with Crippen LogP contribution < -0.4 is 11.3 Å². The molecule has 0 bridgehead atoms. The number of carbonyl (C=O) groups is 1. The number of anilines is 1. The van der Waals surface area contributed by atoms with E-state index in [-0.39, 0.29) is 11.5 Å². The van der Waals surface area contributed by atoms with Crippen LogP contribution in [0.5, 0.6) is 0 Å². The highest BCUT2D eigenvalue weighted by Crippen LogP contribution is 2.21. The van der Waals surface area contributed by atoms with E-state index in [4.69, 9.17) is 5.84 Å². The van der Waals surface area contributed by atoms with E-state index < -0.39 is 25.0 Å². The molecule has 0 saturated heterocycles. The summed E-state index contributed by atoms with van der Waals surface area (Å²) < 4.78 is 36.6. The molecule has 1 aromatic heterocycles. The van der Waals surface area contributed by atoms with E-state index >= 15 is 0 Å². The van der Waals surface area contributed by atoms with E-state index in [9.17, 15) is 18.0 Å². The summed E-state index contributed by atoms with van der Waals surface area (Å²) in [7, 11) is 1.33. The highest BCUT2D eigenvalue weighted by Gasteiger charge is 2.28. The number of alkyl halides is 3. The predicted octanol–water partition coefficient (Wildman–Crippen LogP) is 2.52. The molecule has 0 radical (unpaired) electrons. The molecule has 1 heterocycles. The molecule has 0 saturated carbocycles. The number of carbonyl (C=O) groups excluding carboxylic acids is 1. The van der Waals surface area contributed by atoms with Crippen molar-refractivity contribution in [3.8, 4) is 0 Å². The fraction of sp³-hybridized carbons (Fsp3) is 0.538. The van der Waals surface area contributed by atoms with Gasteiger partial charge in [0.15, 0.2) is 0 Å². The number of nitrogens with one attached hydrogen (secondary N) is 1. The van der Waals surface area contributed by atoms with Crippen molar-refractivity contribution in [2.75, 3.05) is 19.0 Å². The van der Waals surface area contributed by atoms with Crippen molar-refractivity contribution >= 4 is 11.7 Å². The van der Waals surface area contributed by atoms with Crippen molar-refractivity contribution in [2.24, 2.45) is 5.84 Å². The normalized spacial score (nSPS) is 11.6. The van der Waals surface area contributed by atoms with Crippen LogP contribution in [-0.4, -0.2) is 35.6 Å². The van der Waals surface area contributed by atoms with E-state index in [1.807, 2.05) is 13.8 Å². The largest absolute Gasteiger partial charge is 0.390 e. The molecule has 0 fully saturated rings. The second kappa shape index (κ2) is 6.75. The van der Waals surface area contributed by atoms with Crippen LogP contribution in [0.4, 0.5) is 19.0 Å². The Bertz CT molecular complexity index is 503. The lowest BCUT2D eigenvalue weighted by molar-refractivity contribution is -0.136. The molecule has 0 aliphatic rings. The van der Waals surface area contributed by atoms with E-state index in [1.165, 1.54) is 13.1 Å². The van der Waals surface area contributed by atoms with Gasteiger partial charge in [0.25, 0.3) is 5.91 Å². The molecule has 0 aromatic carbocycles. The topological polar surface area (TPSA) is 71.2 Å². The Hall–Kier alpha value is -1.83. The van der Waals surface area contributed by atoms with Crippen LogP contribution in [0.1, 0.15) is 42.2 Å². The minimum Gasteiger partial charge on any atom is -0.341 e. The molecule has 0 spiro atoms. The van der Waals surface area contributed by atoms with Gasteiger partial charge in [-0.05, 0) is 18.1 Å². The summed E-state index contributed by atoms with van der Waals surface area (Å²) >= 11 is 0. The van der Waals surface area contributed by atoms with Crippen LogP contribution in [0.25, 0.3) is 0 Å². The number of aromatic nitrogens is 1. The first kappa shape index (κ1) is 17.2. The van der Waals surface area contributed by atoms with Gasteiger partial charge in [-0.15, -0.1) is 0 Å². The maximum atomic E-state index is 12.2. The number of nitrogens with zero attached hydrogens (tertiary/aromatic N) is 2. The van der Waals surface area contributed by atoms with E-state index in [2.05, 4.69) is 10.4 Å². The lowest BCUT2D eigenvalue weighted by atomic mass is 10.1. The number of rotatable bonds is 5. The van der Waals surface area contributed by atoms with Gasteiger partial charge in [-0.1, -0.05) is 13.8 Å². The van der Waals surface area contributed by atoms with Crippen LogP contribution in [0.3, 0.4) is 0 Å². The third-order valence-electron chi connectivity index (χ3n) is 2.91. The number of halogens is 3. The quantitative estimate of drug-likeness (QED) is 0.648. The Morgan fingerprint density at radius 1 is 1.43 bits per heavy atom. The number of amides is 1. The minimum atomic E-state index is -4.29. The second-order valence-electron chi connectivity index (χ2n) is 5.06. The van der Waals surface area contributed by atoms with Gasteiger partial charge in [0.1, 0.15) is 5.82 Å². The summed E-state index contributed by atoms with van der Waals surface area (Å²) in [6.07, 6.45) is -5.33. The maximum Gasteiger partial charge on any atom is 0.390 e. The van der Waals surface area contributed by atoms with Gasteiger partial charge >= 0.3 is 6.18 Å². The average molecular weight is 304 g/mol. The Morgan fingerprint density at radius 2 is 2.05 bits per heavy atom. The highest BCUT2D eigenvalue weighted by molar-refractivity contribution is 5.94. The Balaban J connectivity index is 2.93. The van der Waals surface area contributed by atoms with Gasteiger partial charge < -0.3 is 10.3 Å². The van der Waals surface area contributed by atoms with Crippen molar-refractivity contribution < 1.29 is 18.0 Å². The van der Waals surface area contributed by atoms with Crippen molar-refractivity contribution in [1.29, 1.82) is 0 Å². The smallest absolute Gasteiger partial charge is 0.341 e. The number of hydrogen-bond donors (Lipinski definition) is 2. The number of hydrogen-bond acceptors (Lipinski definition) is 4. The molecule has 1 rings (SSSR count). The van der Waals surface area contributed by atoms with Gasteiger partial charge in [0.05, 0.1) is 6.42 Å². The SMILES string of the molecule is CC(C)c1cc(C(=O)N(C)CCC(F)(F)F)cc(NN)n1. The zero-order valence-electron chi connectivity index (χ0n) is 12.2. The Labute approximate surface area is 121 Å². The zero-order chi connectivity index (χ0) is 16.2. The molecule has 118 valence electrons. The monoisotopic (exact) mass is 304 g/mol. The Kier molecular flexibility index (Phi) is 5.54. The predicted molar refractivity (Wildman–Crippen MR) is 73.8 cm³/mol. The van der Waals surface area contributed by atoms with Gasteiger partial charge in [-0.2, -0.15) is 13.2 Å². The Morgan fingerprint density at radius 3 is 2.52 bits per heavy atom. The average Bonchev–Trinajstić information content (AvgIpc) is 2.42. The number of nitrogen functional groups attached to an aromatic ring is 1. The molecule has 1 aromatic rings. The third kappa shape index (κ3) is 5.22. The van der Waals surface area contributed by atoms with E-state index in [0.717, 1.165) is 4.90 Å². The summed E-state index contributed by atoms with van der Waals surface area (Å²) in [5, 5.41) is 0. The molecule has 5 nitrogen and oxygen atoms in total. The number of nitrogens with two attached hydrogens (primary N) is 1. The van der Waals surface area contributed by atoms with Gasteiger partial charge in [0, 0.05) is 24.8 Å². The summed E-state index contributed by atoms with van der Waals surface area (Å²) in [6.45, 7) is 3.39. The van der Waals surface area contributed by atoms with Crippen LogP contribution >= 0.6 is 0 Å². The van der Waals surface area contributed by atoms with Crippen LogP contribution in [-0.2, 0) is 0 Å². The first-order valence-electron chi connectivity index (χ1n) is 6.45. The van der Waals surface area contributed by atoms with Crippen molar-refractivity contribution in [2.45, 2.75) is 32.4 Å². The lowest BCUT2D eigenvalue weighted by Crippen LogP contribution is -2.30. The minimum absolute atomic E-state index is 0.0605. The fourth-order valence-electron chi connectivity index (χ4n) is 1.66. The first-order chi connectivity index (χ1) is 9.64. The summed E-state index contributed by atoms with van der Waals surface area (Å²) in [4.78, 5) is 17.4. The van der Waals surface area contributed by atoms with Crippen molar-refractivity contribution in [3.63, 3.8) is 0 Å². The molecule has 0 aliphatic heterocycles. The molecular formula is C13H19F3N4O.